The highest BCUT2D eigenvalue weighted by Crippen LogP contribution is 2.22. The van der Waals surface area contributed by atoms with Crippen LogP contribution in [0.15, 0.2) is 29.4 Å². The molecule has 3 N–H and O–H groups in total. The van der Waals surface area contributed by atoms with Gasteiger partial charge in [-0.05, 0) is 37.9 Å². The minimum absolute atomic E-state index is 0.195. The van der Waals surface area contributed by atoms with E-state index in [0.717, 1.165) is 30.8 Å². The summed E-state index contributed by atoms with van der Waals surface area (Å²) >= 11 is 0. The van der Waals surface area contributed by atoms with E-state index < -0.39 is 0 Å². The van der Waals surface area contributed by atoms with E-state index in [0.29, 0.717) is 6.04 Å². The fourth-order valence-electron chi connectivity index (χ4n) is 3.56. The first-order chi connectivity index (χ1) is 10.3. The molecule has 2 aliphatic heterocycles. The number of amidine groups is 1. The van der Waals surface area contributed by atoms with Crippen LogP contribution >= 0.6 is 0 Å². The van der Waals surface area contributed by atoms with Crippen LogP contribution in [0.25, 0.3) is 0 Å². The Morgan fingerprint density at radius 3 is 2.76 bits per heavy atom. The molecule has 1 atom stereocenters. The summed E-state index contributed by atoms with van der Waals surface area (Å²) in [5.41, 5.74) is 7.74. The number of hydrogen-bond acceptors (Lipinski definition) is 4. The highest BCUT2D eigenvalue weighted by Gasteiger charge is 2.29. The Kier molecular flexibility index (Phi) is 4.41. The highest BCUT2D eigenvalue weighted by molar-refractivity contribution is 5.98. The Bertz CT molecular complexity index is 511. The first-order valence-electron chi connectivity index (χ1n) is 7.80. The average Bonchev–Trinajstić information content (AvgIpc) is 3.18. The monoisotopic (exact) mass is 288 g/mol. The zero-order valence-corrected chi connectivity index (χ0v) is 12.4. The van der Waals surface area contributed by atoms with Crippen LogP contribution in [0.4, 0.5) is 0 Å². The number of likely N-dealkylation sites (tertiary alicyclic amines) is 2. The fourth-order valence-corrected chi connectivity index (χ4v) is 3.56. The van der Waals surface area contributed by atoms with Crippen LogP contribution in [-0.4, -0.2) is 53.1 Å². The van der Waals surface area contributed by atoms with Crippen molar-refractivity contribution >= 4 is 5.84 Å². The third-order valence-corrected chi connectivity index (χ3v) is 4.70. The van der Waals surface area contributed by atoms with Gasteiger partial charge in [0.1, 0.15) is 0 Å². The third-order valence-electron chi connectivity index (χ3n) is 4.70. The summed E-state index contributed by atoms with van der Waals surface area (Å²) in [7, 11) is 0. The minimum Gasteiger partial charge on any atom is -0.409 e. The van der Waals surface area contributed by atoms with Crippen molar-refractivity contribution in [1.29, 1.82) is 0 Å². The van der Waals surface area contributed by atoms with Crippen LogP contribution < -0.4 is 5.73 Å². The number of benzene rings is 1. The van der Waals surface area contributed by atoms with Gasteiger partial charge in [0.25, 0.3) is 0 Å². The van der Waals surface area contributed by atoms with Crippen molar-refractivity contribution in [1.82, 2.24) is 9.80 Å². The second-order valence-electron chi connectivity index (χ2n) is 6.06. The summed E-state index contributed by atoms with van der Waals surface area (Å²) in [5.74, 6) is 0.195. The van der Waals surface area contributed by atoms with Crippen molar-refractivity contribution in [3.05, 3.63) is 35.4 Å². The molecule has 2 heterocycles. The zero-order valence-electron chi connectivity index (χ0n) is 12.4. The molecule has 0 aromatic heterocycles. The van der Waals surface area contributed by atoms with Crippen LogP contribution in [0.3, 0.4) is 0 Å². The molecule has 21 heavy (non-hydrogen) atoms. The Labute approximate surface area is 126 Å². The van der Waals surface area contributed by atoms with Gasteiger partial charge in [0.2, 0.25) is 0 Å². The summed E-state index contributed by atoms with van der Waals surface area (Å²) in [4.78, 5) is 5.11. The molecule has 0 radical (unpaired) electrons. The van der Waals surface area contributed by atoms with Gasteiger partial charge in [-0.15, -0.1) is 0 Å². The molecular formula is C16H24N4O. The maximum absolute atomic E-state index is 8.90. The average molecular weight is 288 g/mol. The molecule has 0 bridgehead atoms. The fraction of sp³-hybridized carbons (Fsp3) is 0.562. The predicted octanol–water partition coefficient (Wildman–Crippen LogP) is 1.45. The van der Waals surface area contributed by atoms with E-state index in [1.54, 1.807) is 0 Å². The van der Waals surface area contributed by atoms with Crippen molar-refractivity contribution in [3.63, 3.8) is 0 Å². The number of oxime groups is 1. The van der Waals surface area contributed by atoms with Crippen LogP contribution in [0.2, 0.25) is 0 Å². The molecule has 0 amide bonds. The van der Waals surface area contributed by atoms with E-state index >= 15 is 0 Å². The maximum atomic E-state index is 8.90. The van der Waals surface area contributed by atoms with Gasteiger partial charge >= 0.3 is 0 Å². The molecule has 2 saturated heterocycles. The smallest absolute Gasteiger partial charge is 0.170 e. The summed E-state index contributed by atoms with van der Waals surface area (Å²) in [6.45, 7) is 5.66. The van der Waals surface area contributed by atoms with Crippen LogP contribution in [0, 0.1) is 0 Å². The summed E-state index contributed by atoms with van der Waals surface area (Å²) in [6.07, 6.45) is 3.96. The molecule has 5 nitrogen and oxygen atoms in total. The number of nitrogens with zero attached hydrogens (tertiary/aromatic N) is 3. The van der Waals surface area contributed by atoms with Gasteiger partial charge in [-0.1, -0.05) is 29.4 Å². The molecule has 1 aromatic rings. The quantitative estimate of drug-likeness (QED) is 0.381. The van der Waals surface area contributed by atoms with E-state index in [1.807, 2.05) is 18.2 Å². The Hall–Kier alpha value is -1.59. The molecule has 1 aromatic carbocycles. The lowest BCUT2D eigenvalue weighted by atomic mass is 10.1. The lowest BCUT2D eigenvalue weighted by molar-refractivity contribution is 0.230. The maximum Gasteiger partial charge on any atom is 0.170 e. The number of nitrogens with two attached hydrogens (primary N) is 1. The molecule has 2 fully saturated rings. The minimum atomic E-state index is 0.195. The van der Waals surface area contributed by atoms with Crippen molar-refractivity contribution in [2.45, 2.75) is 31.8 Å². The van der Waals surface area contributed by atoms with E-state index in [1.165, 1.54) is 32.4 Å². The highest BCUT2D eigenvalue weighted by atomic mass is 16.4. The van der Waals surface area contributed by atoms with E-state index in [-0.39, 0.29) is 5.84 Å². The van der Waals surface area contributed by atoms with Crippen molar-refractivity contribution in [2.24, 2.45) is 10.9 Å². The van der Waals surface area contributed by atoms with Crippen molar-refractivity contribution in [2.75, 3.05) is 26.2 Å². The Morgan fingerprint density at radius 2 is 2.00 bits per heavy atom. The first kappa shape index (κ1) is 14.4. The SMILES string of the molecule is NC(=NO)c1ccccc1CN1CCC(N2CCCC2)C1. The van der Waals surface area contributed by atoms with Crippen LogP contribution in [0.1, 0.15) is 30.4 Å². The molecule has 5 heteroatoms. The van der Waals surface area contributed by atoms with Gasteiger partial charge in [0.05, 0.1) is 0 Å². The number of hydrogen-bond donors (Lipinski definition) is 2. The Morgan fingerprint density at radius 1 is 1.24 bits per heavy atom. The zero-order chi connectivity index (χ0) is 14.7. The van der Waals surface area contributed by atoms with Crippen molar-refractivity contribution < 1.29 is 5.21 Å². The lowest BCUT2D eigenvalue weighted by Gasteiger charge is -2.24. The van der Waals surface area contributed by atoms with Gasteiger partial charge in [-0.25, -0.2) is 0 Å². The van der Waals surface area contributed by atoms with E-state index in [9.17, 15) is 0 Å². The normalized spacial score (nSPS) is 24.8. The molecule has 114 valence electrons. The summed E-state index contributed by atoms with van der Waals surface area (Å²) in [6, 6.07) is 8.63. The van der Waals surface area contributed by atoms with Gasteiger partial charge in [0, 0.05) is 31.2 Å². The van der Waals surface area contributed by atoms with Crippen LogP contribution in [-0.2, 0) is 6.54 Å². The van der Waals surface area contributed by atoms with Crippen LogP contribution in [0.5, 0.6) is 0 Å². The molecule has 0 saturated carbocycles. The largest absolute Gasteiger partial charge is 0.409 e. The summed E-state index contributed by atoms with van der Waals surface area (Å²) < 4.78 is 0. The van der Waals surface area contributed by atoms with Gasteiger partial charge in [-0.3, -0.25) is 9.80 Å². The first-order valence-corrected chi connectivity index (χ1v) is 7.80. The second-order valence-corrected chi connectivity index (χ2v) is 6.06. The van der Waals surface area contributed by atoms with Gasteiger partial charge < -0.3 is 10.9 Å². The number of rotatable bonds is 4. The van der Waals surface area contributed by atoms with E-state index in [4.69, 9.17) is 10.9 Å². The molecule has 3 rings (SSSR count). The molecule has 2 aliphatic rings. The van der Waals surface area contributed by atoms with E-state index in [2.05, 4.69) is 21.0 Å². The lowest BCUT2D eigenvalue weighted by Crippen LogP contribution is -2.35. The Balaban J connectivity index is 1.65. The third kappa shape index (κ3) is 3.19. The molecule has 0 aliphatic carbocycles. The van der Waals surface area contributed by atoms with Gasteiger partial charge in [-0.2, -0.15) is 0 Å². The topological polar surface area (TPSA) is 65.1 Å². The summed E-state index contributed by atoms with van der Waals surface area (Å²) in [5, 5.41) is 12.0. The molecule has 0 spiro atoms. The predicted molar refractivity (Wildman–Crippen MR) is 83.4 cm³/mol. The molecule has 1 unspecified atom stereocenters. The van der Waals surface area contributed by atoms with Crippen molar-refractivity contribution in [3.8, 4) is 0 Å². The standard InChI is InChI=1S/C16H24N4O/c17-16(18-21)15-6-2-1-5-13(15)11-19-10-7-14(12-19)20-8-3-4-9-20/h1-2,5-6,14,21H,3-4,7-12H2,(H2,17,18). The van der Waals surface area contributed by atoms with Gasteiger partial charge in [0.15, 0.2) is 5.84 Å². The molecular weight excluding hydrogens is 264 g/mol. The second kappa shape index (κ2) is 6.45.